The molecule has 1 aliphatic heterocycles. The van der Waals surface area contributed by atoms with Crippen LogP contribution in [0.25, 0.3) is 0 Å². The molecule has 2 atom stereocenters. The van der Waals surface area contributed by atoms with E-state index in [1.54, 1.807) is 0 Å². The Labute approximate surface area is 175 Å². The average molecular weight is 417 g/mol. The van der Waals surface area contributed by atoms with Crippen molar-refractivity contribution in [3.8, 4) is 0 Å². The molecule has 27 heavy (non-hydrogen) atoms. The van der Waals surface area contributed by atoms with Gasteiger partial charge in [-0.1, -0.05) is 20.3 Å². The first-order chi connectivity index (χ1) is 12.0. The Hall–Kier alpha value is -0.780. The quantitative estimate of drug-likeness (QED) is 0.802. The van der Waals surface area contributed by atoms with Crippen molar-refractivity contribution in [1.29, 1.82) is 0 Å². The van der Waals surface area contributed by atoms with Crippen molar-refractivity contribution in [2.24, 2.45) is 30.5 Å². The van der Waals surface area contributed by atoms with Crippen LogP contribution in [0.4, 0.5) is 0 Å². The van der Waals surface area contributed by atoms with Crippen molar-refractivity contribution < 1.29 is 4.79 Å². The van der Waals surface area contributed by atoms with Gasteiger partial charge in [0.05, 0.1) is 12.2 Å². The zero-order chi connectivity index (χ0) is 17.7. The highest BCUT2D eigenvalue weighted by Gasteiger charge is 2.42. The summed E-state index contributed by atoms with van der Waals surface area (Å²) in [5.41, 5.74) is 8.82. The molecule has 2 bridgehead atoms. The van der Waals surface area contributed by atoms with Gasteiger partial charge in [0, 0.05) is 43.6 Å². The van der Waals surface area contributed by atoms with Crippen LogP contribution in [0.2, 0.25) is 0 Å². The number of nitrogens with zero attached hydrogens (tertiary/aromatic N) is 3. The van der Waals surface area contributed by atoms with Gasteiger partial charge in [0.25, 0.3) is 0 Å². The number of hydrogen-bond donors (Lipinski definition) is 1. The Bertz CT molecular complexity index is 661. The number of aromatic nitrogens is 2. The van der Waals surface area contributed by atoms with E-state index in [1.807, 2.05) is 0 Å². The van der Waals surface area contributed by atoms with Crippen molar-refractivity contribution in [3.63, 3.8) is 0 Å². The second-order valence-corrected chi connectivity index (χ2v) is 8.78. The summed E-state index contributed by atoms with van der Waals surface area (Å²) in [7, 11) is 2.11. The Morgan fingerprint density at radius 1 is 1.19 bits per heavy atom. The Morgan fingerprint density at radius 3 is 2.41 bits per heavy atom. The van der Waals surface area contributed by atoms with Crippen LogP contribution < -0.4 is 5.73 Å². The lowest BCUT2D eigenvalue weighted by Gasteiger charge is -2.44. The molecule has 0 aromatic carbocycles. The minimum absolute atomic E-state index is 0. The van der Waals surface area contributed by atoms with Gasteiger partial charge >= 0.3 is 0 Å². The van der Waals surface area contributed by atoms with E-state index in [0.29, 0.717) is 36.2 Å². The van der Waals surface area contributed by atoms with Crippen molar-refractivity contribution >= 4 is 30.7 Å². The molecule has 3 aliphatic rings. The molecule has 0 spiro atoms. The molecule has 1 amide bonds. The number of imidazole rings is 1. The molecule has 2 fully saturated rings. The fraction of sp³-hybridized carbons (Fsp3) is 0.800. The van der Waals surface area contributed by atoms with Crippen LogP contribution in [0, 0.1) is 17.8 Å². The first kappa shape index (κ1) is 22.5. The number of amides is 1. The number of fused-ring (bicyclic) bond motifs is 3. The number of nitrogens with two attached hydrogens (primary N) is 1. The van der Waals surface area contributed by atoms with Crippen LogP contribution in [0.3, 0.4) is 0 Å². The fourth-order valence-corrected chi connectivity index (χ4v) is 5.50. The normalized spacial score (nSPS) is 29.6. The molecule has 5 nitrogen and oxygen atoms in total. The molecule has 2 saturated carbocycles. The molecular formula is C20H34Cl2N4O. The van der Waals surface area contributed by atoms with Crippen LogP contribution in [-0.4, -0.2) is 32.9 Å². The van der Waals surface area contributed by atoms with E-state index in [-0.39, 0.29) is 30.7 Å². The largest absolute Gasteiger partial charge is 0.336 e. The number of halogens is 2. The highest BCUT2D eigenvalue weighted by molar-refractivity contribution is 5.85. The number of carbonyl (C=O) groups excluding carboxylic acids is 1. The van der Waals surface area contributed by atoms with E-state index in [2.05, 4.69) is 30.4 Å². The van der Waals surface area contributed by atoms with Crippen molar-refractivity contribution in [2.75, 3.05) is 6.54 Å². The lowest BCUT2D eigenvalue weighted by atomic mass is 9.65. The lowest BCUT2D eigenvalue weighted by Crippen LogP contribution is -2.50. The van der Waals surface area contributed by atoms with Gasteiger partial charge in [-0.3, -0.25) is 4.79 Å². The number of carbonyl (C=O) groups is 1. The van der Waals surface area contributed by atoms with Gasteiger partial charge in [0.15, 0.2) is 0 Å². The van der Waals surface area contributed by atoms with E-state index in [4.69, 9.17) is 10.7 Å². The molecule has 0 saturated heterocycles. The lowest BCUT2D eigenvalue weighted by molar-refractivity contribution is -0.139. The summed E-state index contributed by atoms with van der Waals surface area (Å²) in [5.74, 6) is 3.21. The minimum Gasteiger partial charge on any atom is -0.336 e. The zero-order valence-corrected chi connectivity index (χ0v) is 18.3. The maximum absolute atomic E-state index is 13.2. The summed E-state index contributed by atoms with van der Waals surface area (Å²) in [4.78, 5) is 20.1. The standard InChI is InChI=1S/C20H32N4O.2ClH/c1-12(2)19-22-16-11-24(8-7-17(16)23(19)3)20(25)15-9-13-5-4-6-14(10-15)18(13)21;;/h12-15,18H,4-11,21H2,1-3H3;2*1H. The molecule has 7 heteroatoms. The second kappa shape index (κ2) is 8.71. The van der Waals surface area contributed by atoms with E-state index in [0.717, 1.165) is 37.3 Å². The highest BCUT2D eigenvalue weighted by Crippen LogP contribution is 2.42. The van der Waals surface area contributed by atoms with Gasteiger partial charge in [-0.2, -0.15) is 0 Å². The minimum atomic E-state index is 0. The van der Waals surface area contributed by atoms with E-state index in [9.17, 15) is 4.79 Å². The van der Waals surface area contributed by atoms with E-state index >= 15 is 0 Å². The van der Waals surface area contributed by atoms with Gasteiger partial charge in [0.2, 0.25) is 5.91 Å². The van der Waals surface area contributed by atoms with Crippen LogP contribution in [0.5, 0.6) is 0 Å². The summed E-state index contributed by atoms with van der Waals surface area (Å²) < 4.78 is 2.24. The molecule has 2 N–H and O–H groups in total. The third-order valence-electron chi connectivity index (χ3n) is 6.88. The van der Waals surface area contributed by atoms with Crippen molar-refractivity contribution in [1.82, 2.24) is 14.5 Å². The van der Waals surface area contributed by atoms with Gasteiger partial charge < -0.3 is 15.2 Å². The van der Waals surface area contributed by atoms with Crippen LogP contribution in [0.1, 0.15) is 69.1 Å². The van der Waals surface area contributed by atoms with Crippen molar-refractivity contribution in [2.45, 2.75) is 70.9 Å². The molecule has 4 rings (SSSR count). The van der Waals surface area contributed by atoms with Gasteiger partial charge in [-0.25, -0.2) is 4.98 Å². The Balaban J connectivity index is 0.00000131. The van der Waals surface area contributed by atoms with Crippen LogP contribution in [0.15, 0.2) is 0 Å². The highest BCUT2D eigenvalue weighted by atomic mass is 35.5. The average Bonchev–Trinajstić information content (AvgIpc) is 2.90. The molecule has 1 aromatic heterocycles. The molecule has 2 aliphatic carbocycles. The monoisotopic (exact) mass is 416 g/mol. The smallest absolute Gasteiger partial charge is 0.226 e. The first-order valence-electron chi connectivity index (χ1n) is 10.0. The summed E-state index contributed by atoms with van der Waals surface area (Å²) in [6, 6.07) is 0.329. The van der Waals surface area contributed by atoms with Crippen molar-refractivity contribution in [3.05, 3.63) is 17.2 Å². The first-order valence-corrected chi connectivity index (χ1v) is 10.0. The van der Waals surface area contributed by atoms with Crippen LogP contribution in [-0.2, 0) is 24.8 Å². The Morgan fingerprint density at radius 2 is 1.81 bits per heavy atom. The van der Waals surface area contributed by atoms with Crippen LogP contribution >= 0.6 is 24.8 Å². The third-order valence-corrected chi connectivity index (χ3v) is 6.88. The molecule has 0 radical (unpaired) electrons. The van der Waals surface area contributed by atoms with Gasteiger partial charge in [0.1, 0.15) is 5.82 Å². The van der Waals surface area contributed by atoms with Gasteiger partial charge in [-0.15, -0.1) is 24.8 Å². The molecule has 1 aromatic rings. The summed E-state index contributed by atoms with van der Waals surface area (Å²) in [6.07, 6.45) is 6.64. The molecule has 2 unspecified atom stereocenters. The molecular weight excluding hydrogens is 383 g/mol. The summed E-state index contributed by atoms with van der Waals surface area (Å²) in [6.45, 7) is 5.88. The summed E-state index contributed by atoms with van der Waals surface area (Å²) >= 11 is 0. The molecule has 2 heterocycles. The fourth-order valence-electron chi connectivity index (χ4n) is 5.50. The predicted molar refractivity (Wildman–Crippen MR) is 112 cm³/mol. The Kier molecular flexibility index (Phi) is 7.26. The third kappa shape index (κ3) is 4.01. The van der Waals surface area contributed by atoms with Gasteiger partial charge in [-0.05, 0) is 37.5 Å². The maximum atomic E-state index is 13.2. The second-order valence-electron chi connectivity index (χ2n) is 8.78. The number of rotatable bonds is 2. The molecule has 154 valence electrons. The zero-order valence-electron chi connectivity index (χ0n) is 16.7. The van der Waals surface area contributed by atoms with E-state index < -0.39 is 0 Å². The van der Waals surface area contributed by atoms with E-state index in [1.165, 1.54) is 25.0 Å². The maximum Gasteiger partial charge on any atom is 0.226 e. The predicted octanol–water partition coefficient (Wildman–Crippen LogP) is 3.43. The SMILES string of the molecule is CC(C)c1nc2c(n1C)CCN(C(=O)C1CC3CCCC(C1)C3N)C2.Cl.Cl. The topological polar surface area (TPSA) is 64.2 Å². The summed E-state index contributed by atoms with van der Waals surface area (Å²) in [5, 5.41) is 0. The number of hydrogen-bond acceptors (Lipinski definition) is 3.